The molecule has 0 fully saturated rings. The van der Waals surface area contributed by atoms with Crippen LogP contribution in [0, 0.1) is 0 Å². The minimum Gasteiger partial charge on any atom is -0.345 e. The van der Waals surface area contributed by atoms with Gasteiger partial charge in [-0.3, -0.25) is 9.59 Å². The molecule has 0 aliphatic heterocycles. The number of halogens is 1. The zero-order valence-electron chi connectivity index (χ0n) is 13.4. The number of carbonyl (C=O) groups excluding carboxylic acids is 2. The van der Waals surface area contributed by atoms with Crippen LogP contribution in [0.25, 0.3) is 9.88 Å². The first kappa shape index (κ1) is 17.6. The zero-order chi connectivity index (χ0) is 18.0. The lowest BCUT2D eigenvalue weighted by Crippen LogP contribution is -2.22. The summed E-state index contributed by atoms with van der Waals surface area (Å²) >= 11 is 9.12. The number of amides is 2. The molecule has 5 nitrogen and oxygen atoms in total. The molecule has 1 N–H and O–H groups in total. The van der Waals surface area contributed by atoms with Gasteiger partial charge in [-0.1, -0.05) is 17.7 Å². The average Bonchev–Trinajstić information content (AvgIpc) is 3.27. The number of nitrogens with zero attached hydrogens (tertiary/aromatic N) is 2. The van der Waals surface area contributed by atoms with Gasteiger partial charge in [-0.15, -0.1) is 22.7 Å². The van der Waals surface area contributed by atoms with Gasteiger partial charge < -0.3 is 10.2 Å². The van der Waals surface area contributed by atoms with Gasteiger partial charge in [0.25, 0.3) is 11.8 Å². The van der Waals surface area contributed by atoms with E-state index in [2.05, 4.69) is 10.3 Å². The highest BCUT2D eigenvalue weighted by atomic mass is 35.5. The number of carbonyl (C=O) groups is 2. The summed E-state index contributed by atoms with van der Waals surface area (Å²) in [4.78, 5) is 31.3. The SMILES string of the molecule is CN(C)C(=O)c1ccc(Cl)c(NC(=O)c2csc(-c3cccs3)n2)c1. The third-order valence-corrected chi connectivity index (χ3v) is 5.55. The Kier molecular flexibility index (Phi) is 5.17. The molecule has 25 heavy (non-hydrogen) atoms. The summed E-state index contributed by atoms with van der Waals surface area (Å²) in [5.74, 6) is -0.531. The van der Waals surface area contributed by atoms with E-state index >= 15 is 0 Å². The van der Waals surface area contributed by atoms with Gasteiger partial charge in [0.15, 0.2) is 0 Å². The Balaban J connectivity index is 1.81. The predicted octanol–water partition coefficient (Wildman–Crippen LogP) is 4.48. The lowest BCUT2D eigenvalue weighted by Gasteiger charge is -2.12. The molecule has 0 saturated carbocycles. The normalized spacial score (nSPS) is 10.5. The topological polar surface area (TPSA) is 62.3 Å². The Bertz CT molecular complexity index is 920. The van der Waals surface area contributed by atoms with Gasteiger partial charge in [0, 0.05) is 25.0 Å². The summed E-state index contributed by atoms with van der Waals surface area (Å²) in [6.45, 7) is 0. The van der Waals surface area contributed by atoms with Crippen molar-refractivity contribution in [2.45, 2.75) is 0 Å². The number of thiophene rings is 1. The molecular formula is C17H14ClN3O2S2. The molecule has 0 atom stereocenters. The van der Waals surface area contributed by atoms with E-state index in [1.807, 2.05) is 17.5 Å². The van der Waals surface area contributed by atoms with Crippen LogP contribution >= 0.6 is 34.3 Å². The number of hydrogen-bond donors (Lipinski definition) is 1. The number of benzene rings is 1. The molecule has 0 aliphatic carbocycles. The van der Waals surface area contributed by atoms with E-state index in [0.717, 1.165) is 9.88 Å². The van der Waals surface area contributed by atoms with E-state index in [1.165, 1.54) is 16.2 Å². The third-order valence-electron chi connectivity index (χ3n) is 3.34. The summed E-state index contributed by atoms with van der Waals surface area (Å²) in [7, 11) is 3.33. The summed E-state index contributed by atoms with van der Waals surface area (Å²) in [5, 5.41) is 7.54. The average molecular weight is 392 g/mol. The van der Waals surface area contributed by atoms with Crippen LogP contribution in [0.1, 0.15) is 20.8 Å². The highest BCUT2D eigenvalue weighted by Crippen LogP contribution is 2.29. The van der Waals surface area contributed by atoms with Crippen LogP contribution in [-0.2, 0) is 0 Å². The maximum Gasteiger partial charge on any atom is 0.275 e. The van der Waals surface area contributed by atoms with Gasteiger partial charge in [0.1, 0.15) is 10.7 Å². The molecule has 0 bridgehead atoms. The second-order valence-electron chi connectivity index (χ2n) is 5.36. The number of anilines is 1. The number of nitrogens with one attached hydrogen (secondary N) is 1. The van der Waals surface area contributed by atoms with Crippen molar-refractivity contribution in [2.75, 3.05) is 19.4 Å². The first-order valence-corrected chi connectivity index (χ1v) is 9.41. The zero-order valence-corrected chi connectivity index (χ0v) is 15.8. The molecule has 2 aromatic heterocycles. The molecule has 0 unspecified atom stereocenters. The minimum absolute atomic E-state index is 0.166. The molecule has 0 spiro atoms. The van der Waals surface area contributed by atoms with Crippen LogP contribution in [0.3, 0.4) is 0 Å². The highest BCUT2D eigenvalue weighted by Gasteiger charge is 2.16. The van der Waals surface area contributed by atoms with E-state index < -0.39 is 0 Å². The van der Waals surface area contributed by atoms with Gasteiger partial charge in [0.2, 0.25) is 0 Å². The third kappa shape index (κ3) is 3.89. The first-order chi connectivity index (χ1) is 12.0. The Hall–Kier alpha value is -2.22. The van der Waals surface area contributed by atoms with E-state index in [-0.39, 0.29) is 11.8 Å². The largest absolute Gasteiger partial charge is 0.345 e. The van der Waals surface area contributed by atoms with Gasteiger partial charge >= 0.3 is 0 Å². The van der Waals surface area contributed by atoms with E-state index in [1.54, 1.807) is 49.0 Å². The van der Waals surface area contributed by atoms with Crippen molar-refractivity contribution in [2.24, 2.45) is 0 Å². The van der Waals surface area contributed by atoms with Crippen molar-refractivity contribution in [1.82, 2.24) is 9.88 Å². The van der Waals surface area contributed by atoms with E-state index in [4.69, 9.17) is 11.6 Å². The molecule has 3 rings (SSSR count). The van der Waals surface area contributed by atoms with Gasteiger partial charge in [0.05, 0.1) is 15.6 Å². The van der Waals surface area contributed by atoms with Crippen LogP contribution in [-0.4, -0.2) is 35.8 Å². The van der Waals surface area contributed by atoms with Crippen LogP contribution in [0.4, 0.5) is 5.69 Å². The monoisotopic (exact) mass is 391 g/mol. The fraction of sp³-hybridized carbons (Fsp3) is 0.118. The maximum absolute atomic E-state index is 12.4. The number of rotatable bonds is 4. The molecule has 8 heteroatoms. The van der Waals surface area contributed by atoms with E-state index in [0.29, 0.717) is 22.0 Å². The molecule has 1 aromatic carbocycles. The number of thiazole rings is 1. The Morgan fingerprint density at radius 3 is 2.68 bits per heavy atom. The molecule has 0 saturated heterocycles. The van der Waals surface area contributed by atoms with Crippen molar-refractivity contribution < 1.29 is 9.59 Å². The quantitative estimate of drug-likeness (QED) is 0.713. The van der Waals surface area contributed by atoms with Gasteiger partial charge in [-0.05, 0) is 29.6 Å². The second-order valence-corrected chi connectivity index (χ2v) is 7.58. The number of aromatic nitrogens is 1. The lowest BCUT2D eigenvalue weighted by atomic mass is 10.1. The molecule has 3 aromatic rings. The smallest absolute Gasteiger partial charge is 0.275 e. The summed E-state index contributed by atoms with van der Waals surface area (Å²) < 4.78 is 0. The van der Waals surface area contributed by atoms with E-state index in [9.17, 15) is 9.59 Å². The Morgan fingerprint density at radius 2 is 2.00 bits per heavy atom. The minimum atomic E-state index is -0.365. The maximum atomic E-state index is 12.4. The number of hydrogen-bond acceptors (Lipinski definition) is 5. The molecule has 2 heterocycles. The first-order valence-electron chi connectivity index (χ1n) is 7.27. The summed E-state index contributed by atoms with van der Waals surface area (Å²) in [6.07, 6.45) is 0. The Morgan fingerprint density at radius 1 is 1.20 bits per heavy atom. The van der Waals surface area contributed by atoms with Crippen LogP contribution in [0.5, 0.6) is 0 Å². The molecule has 128 valence electrons. The van der Waals surface area contributed by atoms with Crippen LogP contribution in [0.2, 0.25) is 5.02 Å². The summed E-state index contributed by atoms with van der Waals surface area (Å²) in [5.41, 5.74) is 1.14. The Labute approximate surface area is 157 Å². The van der Waals surface area contributed by atoms with Gasteiger partial charge in [-0.2, -0.15) is 0 Å². The molecule has 2 amide bonds. The molecule has 0 radical (unpaired) electrons. The van der Waals surface area contributed by atoms with Crippen molar-refractivity contribution in [1.29, 1.82) is 0 Å². The predicted molar refractivity (Wildman–Crippen MR) is 103 cm³/mol. The highest BCUT2D eigenvalue weighted by molar-refractivity contribution is 7.20. The van der Waals surface area contributed by atoms with Crippen LogP contribution in [0.15, 0.2) is 41.1 Å². The van der Waals surface area contributed by atoms with Crippen LogP contribution < -0.4 is 5.32 Å². The van der Waals surface area contributed by atoms with Crippen molar-refractivity contribution in [3.05, 3.63) is 57.4 Å². The standard InChI is InChI=1S/C17H14ClN3O2S2/c1-21(2)17(23)10-5-6-11(18)12(8-10)19-15(22)13-9-25-16(20-13)14-4-3-7-24-14/h3-9H,1-2H3,(H,19,22). The van der Waals surface area contributed by atoms with Gasteiger partial charge in [-0.25, -0.2) is 4.98 Å². The fourth-order valence-electron chi connectivity index (χ4n) is 2.09. The second kappa shape index (κ2) is 7.35. The lowest BCUT2D eigenvalue weighted by molar-refractivity contribution is 0.0827. The molecular weight excluding hydrogens is 378 g/mol. The summed E-state index contributed by atoms with van der Waals surface area (Å²) in [6, 6.07) is 8.67. The fourth-order valence-corrected chi connectivity index (χ4v) is 3.87. The van der Waals surface area contributed by atoms with Crippen molar-refractivity contribution in [3.8, 4) is 9.88 Å². The van der Waals surface area contributed by atoms with Crippen molar-refractivity contribution >= 4 is 51.8 Å². The molecule has 0 aliphatic rings. The van der Waals surface area contributed by atoms with Crippen molar-refractivity contribution in [3.63, 3.8) is 0 Å².